The van der Waals surface area contributed by atoms with E-state index < -0.39 is 0 Å². The Bertz CT molecular complexity index is 410. The molecule has 1 aromatic rings. The minimum absolute atomic E-state index is 0.297. The molecule has 1 fully saturated rings. The molecule has 0 N–H and O–H groups in total. The molecule has 1 aliphatic heterocycles. The first-order chi connectivity index (χ1) is 7.77. The summed E-state index contributed by atoms with van der Waals surface area (Å²) in [6.07, 6.45) is 0.924. The van der Waals surface area contributed by atoms with Crippen LogP contribution < -0.4 is 5.59 Å². The van der Waals surface area contributed by atoms with Crippen LogP contribution in [-0.4, -0.2) is 28.1 Å². The van der Waals surface area contributed by atoms with Crippen molar-refractivity contribution in [2.24, 2.45) is 7.05 Å². The van der Waals surface area contributed by atoms with Crippen molar-refractivity contribution in [2.75, 3.05) is 0 Å². The molecule has 1 aromatic heterocycles. The highest BCUT2D eigenvalue weighted by Crippen LogP contribution is 2.36. The van der Waals surface area contributed by atoms with Crippen molar-refractivity contribution in [3.63, 3.8) is 0 Å². The van der Waals surface area contributed by atoms with Crippen molar-refractivity contribution in [1.82, 2.24) is 9.78 Å². The maximum atomic E-state index is 6.01. The SMILES string of the molecule is CCc1cc(B2OC(C)(C)C(C)(C)O2)n(C)n1. The minimum Gasteiger partial charge on any atom is -0.398 e. The third kappa shape index (κ3) is 2.02. The van der Waals surface area contributed by atoms with Crippen LogP contribution in [0.5, 0.6) is 0 Å². The molecule has 0 radical (unpaired) electrons. The first kappa shape index (κ1) is 12.6. The van der Waals surface area contributed by atoms with Crippen molar-refractivity contribution >= 4 is 12.7 Å². The van der Waals surface area contributed by atoms with Gasteiger partial charge in [-0.2, -0.15) is 5.10 Å². The Kier molecular flexibility index (Phi) is 2.87. The predicted molar refractivity (Wildman–Crippen MR) is 68.3 cm³/mol. The normalized spacial score (nSPS) is 22.1. The van der Waals surface area contributed by atoms with Gasteiger partial charge in [0.15, 0.2) is 0 Å². The first-order valence-corrected chi connectivity index (χ1v) is 6.15. The van der Waals surface area contributed by atoms with E-state index in [2.05, 4.69) is 45.8 Å². The molecule has 17 heavy (non-hydrogen) atoms. The maximum absolute atomic E-state index is 6.01. The van der Waals surface area contributed by atoms with Gasteiger partial charge in [-0.05, 0) is 40.2 Å². The molecule has 0 saturated carbocycles. The highest BCUT2D eigenvalue weighted by molar-refractivity contribution is 6.61. The van der Waals surface area contributed by atoms with Crippen LogP contribution in [-0.2, 0) is 22.8 Å². The molecule has 2 rings (SSSR count). The average Bonchev–Trinajstić information content (AvgIpc) is 2.66. The second-order valence-corrected chi connectivity index (χ2v) is 5.63. The largest absolute Gasteiger partial charge is 0.514 e. The van der Waals surface area contributed by atoms with Gasteiger partial charge in [-0.3, -0.25) is 4.68 Å². The highest BCUT2D eigenvalue weighted by atomic mass is 16.7. The van der Waals surface area contributed by atoms with Gasteiger partial charge in [0, 0.05) is 7.05 Å². The maximum Gasteiger partial charge on any atom is 0.514 e. The lowest BCUT2D eigenvalue weighted by molar-refractivity contribution is 0.00578. The summed E-state index contributed by atoms with van der Waals surface area (Å²) in [5.74, 6) is 0. The van der Waals surface area contributed by atoms with Gasteiger partial charge in [-0.25, -0.2) is 0 Å². The van der Waals surface area contributed by atoms with Crippen LogP contribution in [0.4, 0.5) is 0 Å². The molecule has 0 spiro atoms. The smallest absolute Gasteiger partial charge is 0.398 e. The molecule has 0 aliphatic carbocycles. The van der Waals surface area contributed by atoms with Crippen LogP contribution in [0.3, 0.4) is 0 Å². The van der Waals surface area contributed by atoms with Gasteiger partial charge >= 0.3 is 7.12 Å². The van der Waals surface area contributed by atoms with Gasteiger partial charge in [0.05, 0.1) is 22.5 Å². The predicted octanol–water partition coefficient (Wildman–Crippen LogP) is 1.28. The van der Waals surface area contributed by atoms with E-state index in [4.69, 9.17) is 9.31 Å². The Labute approximate surface area is 103 Å². The van der Waals surface area contributed by atoms with Gasteiger partial charge in [0.1, 0.15) is 0 Å². The second-order valence-electron chi connectivity index (χ2n) is 5.63. The highest BCUT2D eigenvalue weighted by Gasteiger charge is 2.52. The van der Waals surface area contributed by atoms with Crippen LogP contribution in [0.2, 0.25) is 0 Å². The Balaban J connectivity index is 2.28. The molecule has 2 heterocycles. The Hall–Kier alpha value is -0.805. The molecule has 0 unspecified atom stereocenters. The van der Waals surface area contributed by atoms with Crippen molar-refractivity contribution in [3.8, 4) is 0 Å². The van der Waals surface area contributed by atoms with Gasteiger partial charge in [-0.15, -0.1) is 0 Å². The number of aromatic nitrogens is 2. The molecule has 1 aliphatic rings. The van der Waals surface area contributed by atoms with E-state index in [9.17, 15) is 0 Å². The molecule has 1 saturated heterocycles. The summed E-state index contributed by atoms with van der Waals surface area (Å²) in [4.78, 5) is 0. The second kappa shape index (κ2) is 3.85. The number of aryl methyl sites for hydroxylation is 2. The molecule has 0 amide bonds. The van der Waals surface area contributed by atoms with E-state index in [1.165, 1.54) is 0 Å². The summed E-state index contributed by atoms with van der Waals surface area (Å²) in [6.45, 7) is 10.3. The number of hydrogen-bond donors (Lipinski definition) is 0. The van der Waals surface area contributed by atoms with E-state index in [1.807, 2.05) is 11.7 Å². The Morgan fingerprint density at radius 2 is 1.76 bits per heavy atom. The molecule has 0 aromatic carbocycles. The van der Waals surface area contributed by atoms with Crippen LogP contribution in [0.1, 0.15) is 40.3 Å². The van der Waals surface area contributed by atoms with Crippen LogP contribution >= 0.6 is 0 Å². The molecular formula is C12H21BN2O2. The fourth-order valence-electron chi connectivity index (χ4n) is 1.90. The standard InChI is InChI=1S/C12H21BN2O2/c1-7-9-8-10(15(6)14-9)13-16-11(2,3)12(4,5)17-13/h8H,7H2,1-6H3. The quantitative estimate of drug-likeness (QED) is 0.726. The summed E-state index contributed by atoms with van der Waals surface area (Å²) >= 11 is 0. The third-order valence-electron chi connectivity index (χ3n) is 3.82. The summed E-state index contributed by atoms with van der Waals surface area (Å²) in [7, 11) is 1.61. The summed E-state index contributed by atoms with van der Waals surface area (Å²) in [5, 5.41) is 4.43. The van der Waals surface area contributed by atoms with Crippen molar-refractivity contribution in [2.45, 2.75) is 52.2 Å². The van der Waals surface area contributed by atoms with E-state index in [0.717, 1.165) is 17.7 Å². The van der Waals surface area contributed by atoms with Gasteiger partial charge < -0.3 is 9.31 Å². The van der Waals surface area contributed by atoms with Crippen molar-refractivity contribution < 1.29 is 9.31 Å². The lowest BCUT2D eigenvalue weighted by Gasteiger charge is -2.32. The molecule has 5 heteroatoms. The molecule has 94 valence electrons. The molecule has 4 nitrogen and oxygen atoms in total. The third-order valence-corrected chi connectivity index (χ3v) is 3.82. The van der Waals surface area contributed by atoms with E-state index in [1.54, 1.807) is 0 Å². The van der Waals surface area contributed by atoms with Gasteiger partial charge in [0.25, 0.3) is 0 Å². The zero-order valence-corrected chi connectivity index (χ0v) is 11.6. The number of nitrogens with zero attached hydrogens (tertiary/aromatic N) is 2. The van der Waals surface area contributed by atoms with Crippen molar-refractivity contribution in [1.29, 1.82) is 0 Å². The minimum atomic E-state index is -0.321. The van der Waals surface area contributed by atoms with E-state index in [0.29, 0.717) is 0 Å². The summed E-state index contributed by atoms with van der Waals surface area (Å²) in [5.41, 5.74) is 1.46. The number of rotatable bonds is 2. The molecular weight excluding hydrogens is 215 g/mol. The molecule has 0 atom stereocenters. The van der Waals surface area contributed by atoms with Crippen LogP contribution in [0.25, 0.3) is 0 Å². The summed E-state index contributed by atoms with van der Waals surface area (Å²) in [6, 6.07) is 2.06. The topological polar surface area (TPSA) is 36.3 Å². The molecule has 0 bridgehead atoms. The van der Waals surface area contributed by atoms with Crippen LogP contribution in [0, 0.1) is 0 Å². The Morgan fingerprint density at radius 1 is 1.24 bits per heavy atom. The average molecular weight is 236 g/mol. The van der Waals surface area contributed by atoms with Gasteiger partial charge in [0.2, 0.25) is 0 Å². The zero-order chi connectivity index (χ0) is 12.8. The van der Waals surface area contributed by atoms with Gasteiger partial charge in [-0.1, -0.05) is 6.92 Å². The fourth-order valence-corrected chi connectivity index (χ4v) is 1.90. The lowest BCUT2D eigenvalue weighted by Crippen LogP contribution is -2.41. The van der Waals surface area contributed by atoms with Crippen molar-refractivity contribution in [3.05, 3.63) is 11.8 Å². The first-order valence-electron chi connectivity index (χ1n) is 6.15. The van der Waals surface area contributed by atoms with Crippen LogP contribution in [0.15, 0.2) is 6.07 Å². The lowest BCUT2D eigenvalue weighted by atomic mass is 9.84. The zero-order valence-electron chi connectivity index (χ0n) is 11.6. The number of hydrogen-bond acceptors (Lipinski definition) is 3. The Morgan fingerprint density at radius 3 is 2.18 bits per heavy atom. The van der Waals surface area contributed by atoms with E-state index in [-0.39, 0.29) is 18.3 Å². The fraction of sp³-hybridized carbons (Fsp3) is 0.750. The monoisotopic (exact) mass is 236 g/mol. The van der Waals surface area contributed by atoms with E-state index >= 15 is 0 Å². The summed E-state index contributed by atoms with van der Waals surface area (Å²) < 4.78 is 13.9.